The molecule has 0 saturated carbocycles. The minimum Gasteiger partial charge on any atom is -0.385 e. The summed E-state index contributed by atoms with van der Waals surface area (Å²) in [6.45, 7) is 9.01. The second-order valence-corrected chi connectivity index (χ2v) is 5.49. The Bertz CT molecular complexity index is 435. The van der Waals surface area contributed by atoms with Gasteiger partial charge in [0.1, 0.15) is 5.69 Å². The van der Waals surface area contributed by atoms with Gasteiger partial charge in [0, 0.05) is 38.6 Å². The van der Waals surface area contributed by atoms with Gasteiger partial charge in [-0.1, -0.05) is 20.8 Å². The minimum atomic E-state index is -0.0408. The Labute approximate surface area is 127 Å². The van der Waals surface area contributed by atoms with Crippen molar-refractivity contribution in [2.45, 2.75) is 27.2 Å². The molecule has 5 nitrogen and oxygen atoms in total. The summed E-state index contributed by atoms with van der Waals surface area (Å²) < 4.78 is 5.09. The van der Waals surface area contributed by atoms with Crippen LogP contribution in [0, 0.1) is 5.92 Å². The molecule has 0 aliphatic rings. The molecule has 1 aromatic heterocycles. The van der Waals surface area contributed by atoms with Crippen molar-refractivity contribution in [2.24, 2.45) is 5.92 Å². The molecule has 1 amide bonds. The Balaban J connectivity index is 2.81. The number of amides is 1. The van der Waals surface area contributed by atoms with E-state index in [9.17, 15) is 4.79 Å². The van der Waals surface area contributed by atoms with Crippen molar-refractivity contribution in [3.05, 3.63) is 24.0 Å². The first-order chi connectivity index (χ1) is 10.1. The van der Waals surface area contributed by atoms with E-state index < -0.39 is 0 Å². The number of carbonyl (C=O) groups is 1. The highest BCUT2D eigenvalue weighted by Crippen LogP contribution is 2.11. The molecule has 0 unspecified atom stereocenters. The number of ether oxygens (including phenoxy) is 1. The van der Waals surface area contributed by atoms with Crippen LogP contribution in [-0.2, 0) is 4.74 Å². The second kappa shape index (κ2) is 9.34. The van der Waals surface area contributed by atoms with Crippen LogP contribution in [0.25, 0.3) is 0 Å². The number of hydrogen-bond donors (Lipinski definition) is 1. The third-order valence-electron chi connectivity index (χ3n) is 3.00. The Morgan fingerprint density at radius 2 is 2.24 bits per heavy atom. The first-order valence-corrected chi connectivity index (χ1v) is 7.56. The lowest BCUT2D eigenvalue weighted by atomic mass is 10.2. The summed E-state index contributed by atoms with van der Waals surface area (Å²) in [5, 5.41) is 3.28. The largest absolute Gasteiger partial charge is 0.385 e. The van der Waals surface area contributed by atoms with Crippen molar-refractivity contribution in [1.82, 2.24) is 9.88 Å². The van der Waals surface area contributed by atoms with Gasteiger partial charge < -0.3 is 15.0 Å². The fourth-order valence-electron chi connectivity index (χ4n) is 2.01. The standard InChI is InChI=1S/C16H27N3O2/c1-5-7-17-14-6-8-18-15(11-14)16(20)19(9-10-21-4)12-13(2)3/h6,8,11,13H,5,7,9-10,12H2,1-4H3,(H,17,18). The van der Waals surface area contributed by atoms with Crippen LogP contribution in [0.4, 0.5) is 5.69 Å². The normalized spacial score (nSPS) is 10.7. The number of methoxy groups -OCH3 is 1. The van der Waals surface area contributed by atoms with Crippen molar-refractivity contribution in [3.63, 3.8) is 0 Å². The molecule has 0 aliphatic carbocycles. The molecule has 0 fully saturated rings. The Hall–Kier alpha value is -1.62. The van der Waals surface area contributed by atoms with E-state index in [4.69, 9.17) is 4.74 Å². The lowest BCUT2D eigenvalue weighted by Crippen LogP contribution is -2.37. The molecule has 0 aromatic carbocycles. The molecule has 0 spiro atoms. The van der Waals surface area contributed by atoms with Crippen molar-refractivity contribution >= 4 is 11.6 Å². The average Bonchev–Trinajstić information content (AvgIpc) is 2.48. The van der Waals surface area contributed by atoms with Crippen LogP contribution >= 0.6 is 0 Å². The van der Waals surface area contributed by atoms with Crippen molar-refractivity contribution in [3.8, 4) is 0 Å². The smallest absolute Gasteiger partial charge is 0.272 e. The van der Waals surface area contributed by atoms with Gasteiger partial charge in [0.2, 0.25) is 0 Å². The molecule has 5 heteroatoms. The van der Waals surface area contributed by atoms with E-state index in [1.54, 1.807) is 18.2 Å². The van der Waals surface area contributed by atoms with E-state index in [-0.39, 0.29) is 5.91 Å². The molecule has 118 valence electrons. The quantitative estimate of drug-likeness (QED) is 0.760. The van der Waals surface area contributed by atoms with Gasteiger partial charge >= 0.3 is 0 Å². The second-order valence-electron chi connectivity index (χ2n) is 5.49. The molecular formula is C16H27N3O2. The van der Waals surface area contributed by atoms with Gasteiger partial charge in [0.05, 0.1) is 6.61 Å². The SMILES string of the molecule is CCCNc1ccnc(C(=O)N(CCOC)CC(C)C)c1. The number of hydrogen-bond acceptors (Lipinski definition) is 4. The van der Waals surface area contributed by atoms with Gasteiger partial charge in [-0.3, -0.25) is 9.78 Å². The van der Waals surface area contributed by atoms with Crippen LogP contribution in [0.15, 0.2) is 18.3 Å². The molecule has 0 bridgehead atoms. The maximum atomic E-state index is 12.6. The lowest BCUT2D eigenvalue weighted by molar-refractivity contribution is 0.0666. The molecule has 0 aliphatic heterocycles. The molecule has 1 N–H and O–H groups in total. The topological polar surface area (TPSA) is 54.5 Å². The Kier molecular flexibility index (Phi) is 7.75. The highest BCUT2D eigenvalue weighted by atomic mass is 16.5. The Morgan fingerprint density at radius 1 is 1.48 bits per heavy atom. The summed E-state index contributed by atoms with van der Waals surface area (Å²) in [6, 6.07) is 3.70. The van der Waals surface area contributed by atoms with Crippen molar-refractivity contribution in [1.29, 1.82) is 0 Å². The third-order valence-corrected chi connectivity index (χ3v) is 3.00. The monoisotopic (exact) mass is 293 g/mol. The van der Waals surface area contributed by atoms with E-state index in [0.29, 0.717) is 31.3 Å². The highest BCUT2D eigenvalue weighted by Gasteiger charge is 2.18. The summed E-state index contributed by atoms with van der Waals surface area (Å²) >= 11 is 0. The van der Waals surface area contributed by atoms with Crippen LogP contribution in [0.1, 0.15) is 37.7 Å². The molecule has 1 rings (SSSR count). The number of carbonyl (C=O) groups excluding carboxylic acids is 1. The number of rotatable bonds is 9. The van der Waals surface area contributed by atoms with Crippen molar-refractivity contribution < 1.29 is 9.53 Å². The minimum absolute atomic E-state index is 0.0408. The number of pyridine rings is 1. The molecule has 1 heterocycles. The van der Waals surface area contributed by atoms with E-state index in [1.165, 1.54) is 0 Å². The van der Waals surface area contributed by atoms with Gasteiger partial charge in [-0.05, 0) is 24.5 Å². The molecule has 0 saturated heterocycles. The van der Waals surface area contributed by atoms with Crippen LogP contribution in [-0.4, -0.2) is 49.1 Å². The highest BCUT2D eigenvalue weighted by molar-refractivity contribution is 5.93. The zero-order valence-corrected chi connectivity index (χ0v) is 13.6. The van der Waals surface area contributed by atoms with E-state index in [1.807, 2.05) is 12.1 Å². The van der Waals surface area contributed by atoms with Gasteiger partial charge in [-0.15, -0.1) is 0 Å². The summed E-state index contributed by atoms with van der Waals surface area (Å²) in [7, 11) is 1.64. The summed E-state index contributed by atoms with van der Waals surface area (Å²) in [5.41, 5.74) is 1.42. The molecule has 1 aromatic rings. The maximum absolute atomic E-state index is 12.6. The molecule has 0 radical (unpaired) electrons. The zero-order chi connectivity index (χ0) is 15.7. The summed E-state index contributed by atoms with van der Waals surface area (Å²) in [4.78, 5) is 18.6. The predicted molar refractivity (Wildman–Crippen MR) is 85.6 cm³/mol. The van der Waals surface area contributed by atoms with Crippen LogP contribution in [0.5, 0.6) is 0 Å². The fourth-order valence-corrected chi connectivity index (χ4v) is 2.01. The average molecular weight is 293 g/mol. The lowest BCUT2D eigenvalue weighted by Gasteiger charge is -2.24. The van der Waals surface area contributed by atoms with E-state index >= 15 is 0 Å². The molecular weight excluding hydrogens is 266 g/mol. The summed E-state index contributed by atoms with van der Waals surface area (Å²) in [5.74, 6) is 0.369. The maximum Gasteiger partial charge on any atom is 0.272 e. The predicted octanol–water partition coefficient (Wildman–Crippen LogP) is 2.65. The number of aromatic nitrogens is 1. The number of nitrogens with one attached hydrogen (secondary N) is 1. The van der Waals surface area contributed by atoms with Gasteiger partial charge in [0.25, 0.3) is 5.91 Å². The van der Waals surface area contributed by atoms with Crippen LogP contribution in [0.2, 0.25) is 0 Å². The zero-order valence-electron chi connectivity index (χ0n) is 13.6. The summed E-state index contributed by atoms with van der Waals surface area (Å²) in [6.07, 6.45) is 2.72. The number of nitrogens with zero attached hydrogens (tertiary/aromatic N) is 2. The van der Waals surface area contributed by atoms with E-state index in [0.717, 1.165) is 18.7 Å². The van der Waals surface area contributed by atoms with E-state index in [2.05, 4.69) is 31.1 Å². The first kappa shape index (κ1) is 17.4. The van der Waals surface area contributed by atoms with Crippen LogP contribution in [0.3, 0.4) is 0 Å². The van der Waals surface area contributed by atoms with Crippen molar-refractivity contribution in [2.75, 3.05) is 38.7 Å². The Morgan fingerprint density at radius 3 is 2.86 bits per heavy atom. The molecule has 0 atom stereocenters. The van der Waals surface area contributed by atoms with Gasteiger partial charge in [-0.2, -0.15) is 0 Å². The first-order valence-electron chi connectivity index (χ1n) is 7.56. The third kappa shape index (κ3) is 6.12. The number of anilines is 1. The molecule has 21 heavy (non-hydrogen) atoms. The van der Waals surface area contributed by atoms with Gasteiger partial charge in [-0.25, -0.2) is 0 Å². The van der Waals surface area contributed by atoms with Crippen LogP contribution < -0.4 is 5.32 Å². The van der Waals surface area contributed by atoms with Gasteiger partial charge in [0.15, 0.2) is 0 Å². The fraction of sp³-hybridized carbons (Fsp3) is 0.625.